The second kappa shape index (κ2) is 9.96. The average Bonchev–Trinajstić information content (AvgIpc) is 3.38. The van der Waals surface area contributed by atoms with Crippen LogP contribution in [0.25, 0.3) is 0 Å². The largest absolute Gasteiger partial charge is 0.393 e. The normalized spacial score (nSPS) is 60.2. The fraction of sp³-hybridized carbons (Fsp3) is 0.939. The first-order valence-electron chi connectivity index (χ1n) is 16.4. The lowest BCUT2D eigenvalue weighted by Gasteiger charge is -2.60. The molecule has 3 heterocycles. The summed E-state index contributed by atoms with van der Waals surface area (Å²) < 4.78 is 25.9. The van der Waals surface area contributed by atoms with E-state index >= 15 is 0 Å². The minimum absolute atomic E-state index is 0.200. The van der Waals surface area contributed by atoms with Crippen LogP contribution in [-0.2, 0) is 18.9 Å². The van der Waals surface area contributed by atoms with E-state index in [1.807, 2.05) is 0 Å². The van der Waals surface area contributed by atoms with Crippen molar-refractivity contribution in [3.05, 3.63) is 11.6 Å². The monoisotopic (exact) mass is 576 g/mol. The number of aliphatic hydroxyl groups excluding tert-OH is 4. The summed E-state index contributed by atoms with van der Waals surface area (Å²) in [6.07, 6.45) is 3.78. The number of fused-ring (bicyclic) bond motifs is 7. The van der Waals surface area contributed by atoms with Crippen molar-refractivity contribution in [2.45, 2.75) is 141 Å². The van der Waals surface area contributed by atoms with Crippen LogP contribution in [0.2, 0.25) is 0 Å². The average molecular weight is 577 g/mol. The van der Waals surface area contributed by atoms with E-state index in [9.17, 15) is 20.4 Å². The van der Waals surface area contributed by atoms with E-state index in [4.69, 9.17) is 18.9 Å². The highest BCUT2D eigenvalue weighted by Gasteiger charge is 2.69. The molecule has 232 valence electrons. The van der Waals surface area contributed by atoms with Gasteiger partial charge >= 0.3 is 0 Å². The smallest absolute Gasteiger partial charge is 0.186 e. The van der Waals surface area contributed by atoms with Gasteiger partial charge in [-0.2, -0.15) is 0 Å². The standard InChI is InChI=1S/C33H52O8/c1-16-8-11-33(38-15-16)17(2)26-24(41-33)14-23-21-7-6-19-12-20(34)13-25(32(19,5)22(21)9-10-31(23,26)4)40-30-29(37)28(36)27(35)18(3)39-30/h6,16-18,20-30,34-37H,7-15H2,1-5H3/t16-,17-,18-,20+,21?,22?,23?,24-,25+,26-,27-,28+,29+,30-,31-,32-,33+/m0/s1. The van der Waals surface area contributed by atoms with Gasteiger partial charge in [-0.3, -0.25) is 0 Å². The third-order valence-electron chi connectivity index (χ3n) is 13.5. The van der Waals surface area contributed by atoms with Gasteiger partial charge in [-0.15, -0.1) is 0 Å². The first kappa shape index (κ1) is 29.1. The van der Waals surface area contributed by atoms with Crippen molar-refractivity contribution in [1.82, 2.24) is 0 Å². The first-order chi connectivity index (χ1) is 19.4. The lowest BCUT2D eigenvalue weighted by atomic mass is 9.46. The Hall–Kier alpha value is -0.580. The van der Waals surface area contributed by atoms with E-state index in [1.165, 1.54) is 12.0 Å². The topological polar surface area (TPSA) is 118 Å². The molecule has 3 saturated carbocycles. The van der Waals surface area contributed by atoms with Crippen molar-refractivity contribution in [1.29, 1.82) is 0 Å². The van der Waals surface area contributed by atoms with Gasteiger partial charge in [0.25, 0.3) is 0 Å². The highest BCUT2D eigenvalue weighted by molar-refractivity contribution is 5.28. The van der Waals surface area contributed by atoms with Gasteiger partial charge in [-0.05, 0) is 80.5 Å². The van der Waals surface area contributed by atoms with Gasteiger partial charge in [0, 0.05) is 24.2 Å². The van der Waals surface area contributed by atoms with Gasteiger partial charge in [0.1, 0.15) is 18.3 Å². The predicted octanol–water partition coefficient (Wildman–Crippen LogP) is 3.54. The zero-order valence-electron chi connectivity index (χ0n) is 25.4. The zero-order chi connectivity index (χ0) is 29.1. The third-order valence-corrected chi connectivity index (χ3v) is 13.5. The van der Waals surface area contributed by atoms with Crippen molar-refractivity contribution >= 4 is 0 Å². The fourth-order valence-corrected chi connectivity index (χ4v) is 11.2. The van der Waals surface area contributed by atoms with E-state index in [2.05, 4.69) is 33.8 Å². The molecule has 7 aliphatic rings. The molecule has 8 heteroatoms. The Labute approximate surface area is 244 Å². The molecule has 0 radical (unpaired) electrons. The number of hydrogen-bond donors (Lipinski definition) is 4. The second-order valence-corrected chi connectivity index (χ2v) is 15.5. The molecule has 7 rings (SSSR count). The van der Waals surface area contributed by atoms with Crippen molar-refractivity contribution in [2.75, 3.05) is 6.61 Å². The summed E-state index contributed by atoms with van der Waals surface area (Å²) in [6.45, 7) is 12.0. The fourth-order valence-electron chi connectivity index (χ4n) is 11.2. The maximum Gasteiger partial charge on any atom is 0.186 e. The Morgan fingerprint density at radius 1 is 0.927 bits per heavy atom. The van der Waals surface area contributed by atoms with Crippen LogP contribution in [0.3, 0.4) is 0 Å². The van der Waals surface area contributed by atoms with Crippen LogP contribution < -0.4 is 0 Å². The SMILES string of the molecule is C[C@H]1CC[C@@]2(OC1)O[C@H]1CC3C4CC=C5C[C@@H](O)C[C@@H](O[C@@H]6O[C@@H](C)[C@H](O)[C@@H](O)[C@H]6O)[C@]5(C)C4CC[C@]3(C)[C@H]1[C@@H]2C. The van der Waals surface area contributed by atoms with Gasteiger partial charge in [0.05, 0.1) is 31.0 Å². The third kappa shape index (κ3) is 4.14. The summed E-state index contributed by atoms with van der Waals surface area (Å²) in [5.41, 5.74) is 1.16. The van der Waals surface area contributed by atoms with Crippen LogP contribution in [0.1, 0.15) is 86.0 Å². The molecular weight excluding hydrogens is 524 g/mol. The summed E-state index contributed by atoms with van der Waals surface area (Å²) in [5, 5.41) is 42.3. The van der Waals surface area contributed by atoms with Gasteiger partial charge in [-0.1, -0.05) is 39.3 Å². The molecule has 0 bridgehead atoms. The Morgan fingerprint density at radius 2 is 1.71 bits per heavy atom. The summed E-state index contributed by atoms with van der Waals surface area (Å²) in [5.74, 6) is 2.51. The minimum Gasteiger partial charge on any atom is -0.393 e. The molecule has 3 saturated heterocycles. The van der Waals surface area contributed by atoms with Crippen LogP contribution in [0.15, 0.2) is 11.6 Å². The maximum absolute atomic E-state index is 10.9. The second-order valence-electron chi connectivity index (χ2n) is 15.5. The molecule has 8 nitrogen and oxygen atoms in total. The molecule has 41 heavy (non-hydrogen) atoms. The van der Waals surface area contributed by atoms with Crippen molar-refractivity contribution < 1.29 is 39.4 Å². The number of ether oxygens (including phenoxy) is 4. The van der Waals surface area contributed by atoms with Crippen molar-refractivity contribution in [2.24, 2.45) is 46.3 Å². The highest BCUT2D eigenvalue weighted by Crippen LogP contribution is 2.70. The minimum atomic E-state index is -1.35. The number of aliphatic hydroxyl groups is 4. The van der Waals surface area contributed by atoms with Gasteiger partial charge in [0.15, 0.2) is 12.1 Å². The van der Waals surface area contributed by atoms with E-state index in [1.54, 1.807) is 6.92 Å². The molecule has 17 atom stereocenters. The molecule has 4 aliphatic carbocycles. The molecule has 0 aromatic heterocycles. The molecule has 1 spiro atoms. The van der Waals surface area contributed by atoms with E-state index in [-0.39, 0.29) is 23.0 Å². The molecule has 3 aliphatic heterocycles. The van der Waals surface area contributed by atoms with Gasteiger partial charge in [-0.25, -0.2) is 0 Å². The summed E-state index contributed by atoms with van der Waals surface area (Å²) in [7, 11) is 0. The molecule has 0 aromatic rings. The van der Waals surface area contributed by atoms with Crippen LogP contribution in [-0.4, -0.2) is 81.8 Å². The van der Waals surface area contributed by atoms with E-state index in [0.717, 1.165) is 38.7 Å². The van der Waals surface area contributed by atoms with Crippen LogP contribution >= 0.6 is 0 Å². The quantitative estimate of drug-likeness (QED) is 0.369. The number of hydrogen-bond acceptors (Lipinski definition) is 8. The van der Waals surface area contributed by atoms with Gasteiger partial charge in [0.2, 0.25) is 0 Å². The highest BCUT2D eigenvalue weighted by atomic mass is 16.7. The Kier molecular flexibility index (Phi) is 7.08. The molecule has 0 amide bonds. The summed E-state index contributed by atoms with van der Waals surface area (Å²) in [4.78, 5) is 0. The van der Waals surface area contributed by atoms with Crippen molar-refractivity contribution in [3.63, 3.8) is 0 Å². The molecule has 3 unspecified atom stereocenters. The Balaban J connectivity index is 1.15. The molecule has 0 aromatic carbocycles. The number of allylic oxidation sites excluding steroid dienone is 1. The van der Waals surface area contributed by atoms with Crippen LogP contribution in [0.4, 0.5) is 0 Å². The summed E-state index contributed by atoms with van der Waals surface area (Å²) >= 11 is 0. The molecular formula is C33H52O8. The lowest BCUT2D eigenvalue weighted by Crippen LogP contribution is -2.61. The zero-order valence-corrected chi connectivity index (χ0v) is 25.4. The Bertz CT molecular complexity index is 1040. The predicted molar refractivity (Wildman–Crippen MR) is 150 cm³/mol. The number of rotatable bonds is 2. The first-order valence-corrected chi connectivity index (χ1v) is 16.4. The van der Waals surface area contributed by atoms with E-state index < -0.39 is 42.6 Å². The van der Waals surface area contributed by atoms with E-state index in [0.29, 0.717) is 48.3 Å². The maximum atomic E-state index is 10.9. The van der Waals surface area contributed by atoms with Crippen molar-refractivity contribution in [3.8, 4) is 0 Å². The van der Waals surface area contributed by atoms with Crippen LogP contribution in [0, 0.1) is 46.3 Å². The molecule has 4 N–H and O–H groups in total. The van der Waals surface area contributed by atoms with Crippen LogP contribution in [0.5, 0.6) is 0 Å². The molecule has 6 fully saturated rings. The summed E-state index contributed by atoms with van der Waals surface area (Å²) in [6, 6.07) is 0. The lowest BCUT2D eigenvalue weighted by molar-refractivity contribution is -0.318. The van der Waals surface area contributed by atoms with Gasteiger partial charge < -0.3 is 39.4 Å². The Morgan fingerprint density at radius 3 is 2.44 bits per heavy atom.